The highest BCUT2D eigenvalue weighted by atomic mass is 32.1. The van der Waals surface area contributed by atoms with Crippen molar-refractivity contribution < 1.29 is 27.5 Å². The molecule has 4 aromatic heterocycles. The number of rotatable bonds is 4. The molecule has 1 N–H and O–H groups in total. The zero-order valence-corrected chi connectivity index (χ0v) is 15.8. The van der Waals surface area contributed by atoms with Crippen LogP contribution in [0.1, 0.15) is 20.9 Å². The Morgan fingerprint density at radius 3 is 2.76 bits per heavy atom. The van der Waals surface area contributed by atoms with Gasteiger partial charge in [0, 0.05) is 29.2 Å². The molecule has 0 saturated heterocycles. The number of thiophene rings is 1. The van der Waals surface area contributed by atoms with Gasteiger partial charge >= 0.3 is 6.18 Å². The van der Waals surface area contributed by atoms with Gasteiger partial charge in [-0.2, -0.15) is 13.2 Å². The average molecular weight is 421 g/mol. The van der Waals surface area contributed by atoms with Crippen LogP contribution in [0.25, 0.3) is 16.8 Å². The Balaban J connectivity index is 1.82. The number of aromatic nitrogens is 2. The van der Waals surface area contributed by atoms with Crippen LogP contribution in [0.5, 0.6) is 5.88 Å². The highest BCUT2D eigenvalue weighted by Crippen LogP contribution is 2.37. The molecule has 0 radical (unpaired) electrons. The third-order valence-corrected chi connectivity index (χ3v) is 5.24. The largest absolute Gasteiger partial charge is 0.492 e. The topological polar surface area (TPSA) is 71.0 Å². The molecule has 0 spiro atoms. The van der Waals surface area contributed by atoms with Crippen LogP contribution in [-0.4, -0.2) is 32.3 Å². The Morgan fingerprint density at radius 2 is 2.14 bits per heavy atom. The molecule has 4 rings (SSSR count). The Kier molecular flexibility index (Phi) is 4.58. The third-order valence-electron chi connectivity index (χ3n) is 4.38. The Morgan fingerprint density at radius 1 is 1.34 bits per heavy atom. The number of pyridine rings is 1. The van der Waals surface area contributed by atoms with E-state index < -0.39 is 34.9 Å². The first kappa shape index (κ1) is 19.1. The van der Waals surface area contributed by atoms with Gasteiger partial charge in [0.05, 0.1) is 24.6 Å². The molecule has 1 amide bonds. The fourth-order valence-electron chi connectivity index (χ4n) is 2.96. The van der Waals surface area contributed by atoms with E-state index in [2.05, 4.69) is 4.98 Å². The number of carbonyl (C=O) groups is 1. The van der Waals surface area contributed by atoms with E-state index in [1.165, 1.54) is 48.1 Å². The van der Waals surface area contributed by atoms with Gasteiger partial charge in [0.2, 0.25) is 5.88 Å². The second-order valence-electron chi connectivity index (χ2n) is 6.37. The quantitative estimate of drug-likeness (QED) is 0.521. The number of nitrogens with zero attached hydrogens (tertiary/aromatic N) is 3. The second kappa shape index (κ2) is 6.96. The minimum absolute atomic E-state index is 0.164. The van der Waals surface area contributed by atoms with Crippen LogP contribution in [0.2, 0.25) is 0 Å². The number of alkyl halides is 3. The molecule has 0 unspecified atom stereocenters. The molecule has 0 aliphatic carbocycles. The summed E-state index contributed by atoms with van der Waals surface area (Å²) < 4.78 is 46.7. The van der Waals surface area contributed by atoms with Crippen LogP contribution in [0.15, 0.2) is 52.8 Å². The van der Waals surface area contributed by atoms with E-state index in [1.807, 2.05) is 17.5 Å². The van der Waals surface area contributed by atoms with Gasteiger partial charge in [-0.15, -0.1) is 11.3 Å². The van der Waals surface area contributed by atoms with Gasteiger partial charge in [-0.25, -0.2) is 4.98 Å². The normalized spacial score (nSPS) is 11.9. The van der Waals surface area contributed by atoms with Crippen molar-refractivity contribution in [1.82, 2.24) is 14.3 Å². The number of carbonyl (C=O) groups excluding carboxylic acids is 1. The minimum Gasteiger partial charge on any atom is -0.492 e. The molecule has 0 saturated carbocycles. The van der Waals surface area contributed by atoms with Crippen LogP contribution >= 0.6 is 11.3 Å². The Bertz CT molecular complexity index is 1170. The van der Waals surface area contributed by atoms with Crippen LogP contribution in [0.3, 0.4) is 0 Å². The van der Waals surface area contributed by atoms with Crippen LogP contribution in [-0.2, 0) is 12.7 Å². The minimum atomic E-state index is -4.73. The van der Waals surface area contributed by atoms with E-state index in [0.717, 1.165) is 15.3 Å². The Labute approximate surface area is 166 Å². The number of hydrogen-bond donors (Lipinski definition) is 1. The van der Waals surface area contributed by atoms with Crippen molar-refractivity contribution in [2.45, 2.75) is 12.7 Å². The third kappa shape index (κ3) is 3.46. The van der Waals surface area contributed by atoms with Crippen molar-refractivity contribution in [2.24, 2.45) is 0 Å². The highest BCUT2D eigenvalue weighted by Gasteiger charge is 2.36. The predicted molar refractivity (Wildman–Crippen MR) is 99.7 cm³/mol. The first-order valence-corrected chi connectivity index (χ1v) is 9.26. The summed E-state index contributed by atoms with van der Waals surface area (Å²) in [5.41, 5.74) is -1.49. The molecule has 0 aromatic carbocycles. The van der Waals surface area contributed by atoms with Gasteiger partial charge in [0.25, 0.3) is 5.91 Å². The molecule has 0 aliphatic heterocycles. The van der Waals surface area contributed by atoms with Gasteiger partial charge in [-0.1, -0.05) is 6.07 Å². The standard InChI is InChI=1S/C19H14F3N3O3S/c1-24(9-13-3-2-6-29-13)17(26)15-18(27)25-8-12(11-4-5-28-10-11)7-14(16(25)23-15)19(20,21)22/h2-8,10,27H,9H2,1H3. The number of imidazole rings is 1. The van der Waals surface area contributed by atoms with E-state index in [9.17, 15) is 23.1 Å². The smallest absolute Gasteiger partial charge is 0.420 e. The molecular formula is C19H14F3N3O3S. The fraction of sp³-hybridized carbons (Fsp3) is 0.158. The summed E-state index contributed by atoms with van der Waals surface area (Å²) in [6, 6.07) is 6.07. The van der Waals surface area contributed by atoms with Gasteiger partial charge in [-0.05, 0) is 23.6 Å². The Hall–Kier alpha value is -3.27. The van der Waals surface area contributed by atoms with Crippen molar-refractivity contribution >= 4 is 22.9 Å². The van der Waals surface area contributed by atoms with Crippen molar-refractivity contribution in [1.29, 1.82) is 0 Å². The number of aromatic hydroxyl groups is 1. The maximum Gasteiger partial charge on any atom is 0.420 e. The summed E-state index contributed by atoms with van der Waals surface area (Å²) in [6.07, 6.45) is -0.832. The first-order valence-electron chi connectivity index (χ1n) is 8.38. The average Bonchev–Trinajstić information content (AvgIpc) is 3.41. The molecule has 4 aromatic rings. The summed E-state index contributed by atoms with van der Waals surface area (Å²) in [5.74, 6) is -1.34. The summed E-state index contributed by atoms with van der Waals surface area (Å²) in [4.78, 5) is 18.7. The summed E-state index contributed by atoms with van der Waals surface area (Å²) in [7, 11) is 1.49. The molecule has 150 valence electrons. The van der Waals surface area contributed by atoms with Gasteiger partial charge in [0.1, 0.15) is 0 Å². The number of halogens is 3. The monoisotopic (exact) mass is 421 g/mol. The van der Waals surface area contributed by atoms with Crippen LogP contribution in [0.4, 0.5) is 13.2 Å². The maximum atomic E-state index is 13.6. The summed E-state index contributed by atoms with van der Waals surface area (Å²) in [5, 5.41) is 12.4. The second-order valence-corrected chi connectivity index (χ2v) is 7.40. The SMILES string of the molecule is CN(Cc1cccs1)C(=O)c1nc2c(C(F)(F)F)cc(-c3ccoc3)cn2c1O. The molecule has 0 aliphatic rings. The van der Waals surface area contributed by atoms with E-state index >= 15 is 0 Å². The molecule has 29 heavy (non-hydrogen) atoms. The van der Waals surface area contributed by atoms with Crippen molar-refractivity contribution in [3.05, 3.63) is 64.5 Å². The number of fused-ring (bicyclic) bond motifs is 1. The lowest BCUT2D eigenvalue weighted by Gasteiger charge is -2.14. The zero-order valence-electron chi connectivity index (χ0n) is 15.0. The van der Waals surface area contributed by atoms with Crippen molar-refractivity contribution in [3.63, 3.8) is 0 Å². The highest BCUT2D eigenvalue weighted by molar-refractivity contribution is 7.09. The molecule has 6 nitrogen and oxygen atoms in total. The molecule has 0 fully saturated rings. The van der Waals surface area contributed by atoms with Crippen molar-refractivity contribution in [2.75, 3.05) is 7.05 Å². The molecule has 10 heteroatoms. The first-order chi connectivity index (χ1) is 13.8. The van der Waals surface area contributed by atoms with Crippen LogP contribution < -0.4 is 0 Å². The molecule has 0 atom stereocenters. The molecule has 0 bridgehead atoms. The van der Waals surface area contributed by atoms with E-state index in [4.69, 9.17) is 4.42 Å². The van der Waals surface area contributed by atoms with E-state index in [-0.39, 0.29) is 12.1 Å². The van der Waals surface area contributed by atoms with E-state index in [1.54, 1.807) is 0 Å². The predicted octanol–water partition coefficient (Wildman–Crippen LogP) is 4.65. The van der Waals surface area contributed by atoms with Gasteiger partial charge in [-0.3, -0.25) is 9.20 Å². The number of amides is 1. The van der Waals surface area contributed by atoms with Crippen molar-refractivity contribution in [3.8, 4) is 17.0 Å². The maximum absolute atomic E-state index is 13.6. The molecular weight excluding hydrogens is 407 g/mol. The number of hydrogen-bond acceptors (Lipinski definition) is 5. The zero-order chi connectivity index (χ0) is 20.8. The van der Waals surface area contributed by atoms with Gasteiger partial charge < -0.3 is 14.4 Å². The lowest BCUT2D eigenvalue weighted by atomic mass is 10.1. The summed E-state index contributed by atoms with van der Waals surface area (Å²) >= 11 is 1.44. The van der Waals surface area contributed by atoms with Crippen LogP contribution in [0, 0.1) is 0 Å². The molecule has 4 heterocycles. The van der Waals surface area contributed by atoms with Gasteiger partial charge in [0.15, 0.2) is 11.3 Å². The van der Waals surface area contributed by atoms with E-state index in [0.29, 0.717) is 5.56 Å². The lowest BCUT2D eigenvalue weighted by molar-refractivity contribution is -0.136. The summed E-state index contributed by atoms with van der Waals surface area (Å²) in [6.45, 7) is 0.246. The lowest BCUT2D eigenvalue weighted by Crippen LogP contribution is -2.26. The fourth-order valence-corrected chi connectivity index (χ4v) is 3.72. The number of furan rings is 1.